The highest BCUT2D eigenvalue weighted by atomic mass is 79.9. The Bertz CT molecular complexity index is 2750. The van der Waals surface area contributed by atoms with Crippen molar-refractivity contribution in [1.29, 1.82) is 0 Å². The lowest BCUT2D eigenvalue weighted by atomic mass is 9.43. The minimum Gasteiger partial charge on any atom is -0.457 e. The summed E-state index contributed by atoms with van der Waals surface area (Å²) in [6.07, 6.45) is 16.5. The maximum absolute atomic E-state index is 13.6. The van der Waals surface area contributed by atoms with E-state index < -0.39 is 28.5 Å². The van der Waals surface area contributed by atoms with Crippen LogP contribution in [0.2, 0.25) is 0 Å². The van der Waals surface area contributed by atoms with Gasteiger partial charge in [-0.2, -0.15) is 0 Å². The number of fused-ring (bicyclic) bond motifs is 1. The lowest BCUT2D eigenvalue weighted by molar-refractivity contribution is -0.146. The largest absolute Gasteiger partial charge is 0.457 e. The van der Waals surface area contributed by atoms with E-state index in [1.54, 1.807) is 0 Å². The van der Waals surface area contributed by atoms with Crippen molar-refractivity contribution in [1.82, 2.24) is 0 Å². The molecule has 4 nitrogen and oxygen atoms in total. The SMILES string of the molecule is C=CCc1cc2ccc3c4c2c2c1[C@@H]1[C@H](OC(=O)CBr)C=C5CCCCCCC6=CC(OC(=O)CBr)[C@@]78C(=C3)Cc3cc9cccc%10c9c(c37)C(=C2[C@]648)[C@]5%101. The molecule has 4 aromatic rings. The van der Waals surface area contributed by atoms with Crippen LogP contribution in [0.1, 0.15) is 94.5 Å². The van der Waals surface area contributed by atoms with E-state index in [-0.39, 0.29) is 28.5 Å². The number of hydrogen-bond donors (Lipinski definition) is 0. The normalized spacial score (nSPS) is 31.4. The topological polar surface area (TPSA) is 52.6 Å². The van der Waals surface area contributed by atoms with Crippen LogP contribution in [0.4, 0.5) is 0 Å². The zero-order valence-corrected chi connectivity index (χ0v) is 32.9. The van der Waals surface area contributed by atoms with Crippen LogP contribution in [0.5, 0.6) is 0 Å². The van der Waals surface area contributed by atoms with Crippen molar-refractivity contribution in [3.05, 3.63) is 134 Å². The fourth-order valence-corrected chi connectivity index (χ4v) is 14.5. The van der Waals surface area contributed by atoms with Crippen molar-refractivity contribution in [2.24, 2.45) is 0 Å². The van der Waals surface area contributed by atoms with E-state index in [9.17, 15) is 9.59 Å². The number of esters is 2. The second-order valence-corrected chi connectivity index (χ2v) is 18.1. The summed E-state index contributed by atoms with van der Waals surface area (Å²) in [7, 11) is 0. The van der Waals surface area contributed by atoms with Crippen LogP contribution in [0, 0.1) is 0 Å². The van der Waals surface area contributed by atoms with Gasteiger partial charge in [0, 0.05) is 5.92 Å². The van der Waals surface area contributed by atoms with Gasteiger partial charge in [-0.25, -0.2) is 0 Å². The molecule has 13 rings (SSSR count). The number of hydrogen-bond acceptors (Lipinski definition) is 4. The Morgan fingerprint density at radius 1 is 0.833 bits per heavy atom. The summed E-state index contributed by atoms with van der Waals surface area (Å²) in [4.78, 5) is 27.1. The van der Waals surface area contributed by atoms with E-state index in [1.807, 2.05) is 6.08 Å². The summed E-state index contributed by atoms with van der Waals surface area (Å²) in [5, 5.41) is 5.55. The molecule has 4 aromatic carbocycles. The minimum atomic E-state index is -0.575. The lowest BCUT2D eigenvalue weighted by Crippen LogP contribution is -2.58. The molecule has 0 saturated heterocycles. The molecule has 4 bridgehead atoms. The van der Waals surface area contributed by atoms with Crippen LogP contribution in [0.25, 0.3) is 38.8 Å². The minimum absolute atomic E-state index is 0.121. The number of allylic oxidation sites excluding steroid dienone is 5. The van der Waals surface area contributed by atoms with E-state index in [2.05, 4.69) is 99.1 Å². The van der Waals surface area contributed by atoms with E-state index in [0.29, 0.717) is 0 Å². The van der Waals surface area contributed by atoms with E-state index in [0.717, 1.165) is 51.4 Å². The van der Waals surface area contributed by atoms with E-state index >= 15 is 0 Å². The molecule has 0 radical (unpaired) electrons. The molecule has 6 atom stereocenters. The third kappa shape index (κ3) is 3.00. The zero-order valence-electron chi connectivity index (χ0n) is 29.8. The molecule has 6 heteroatoms. The van der Waals surface area contributed by atoms with Gasteiger partial charge in [0.1, 0.15) is 22.9 Å². The summed E-state index contributed by atoms with van der Waals surface area (Å²) >= 11 is 6.93. The first-order chi connectivity index (χ1) is 26.5. The smallest absolute Gasteiger partial charge is 0.317 e. The third-order valence-electron chi connectivity index (χ3n) is 15.2. The summed E-state index contributed by atoms with van der Waals surface area (Å²) in [6, 6.07) is 16.6. The van der Waals surface area contributed by atoms with Crippen molar-refractivity contribution in [3.8, 4) is 0 Å². The second-order valence-electron chi connectivity index (χ2n) is 17.0. The van der Waals surface area contributed by atoms with Gasteiger partial charge >= 0.3 is 11.9 Å². The highest BCUT2D eigenvalue weighted by molar-refractivity contribution is 9.09. The maximum atomic E-state index is 13.6. The average Bonchev–Trinajstić information content (AvgIpc) is 3.93. The van der Waals surface area contributed by atoms with Gasteiger partial charge in [0.15, 0.2) is 0 Å². The summed E-state index contributed by atoms with van der Waals surface area (Å²) < 4.78 is 13.4. The van der Waals surface area contributed by atoms with Crippen LogP contribution in [-0.2, 0) is 48.1 Å². The molecule has 266 valence electrons. The number of carbonyl (C=O) groups excluding carboxylic acids is 2. The Balaban J connectivity index is 1.31. The van der Waals surface area contributed by atoms with Crippen molar-refractivity contribution >= 4 is 82.6 Å². The number of benzene rings is 4. The molecule has 1 unspecified atom stereocenters. The Hall–Kier alpha value is -4.00. The van der Waals surface area contributed by atoms with Crippen molar-refractivity contribution in [2.45, 2.75) is 85.7 Å². The van der Waals surface area contributed by atoms with Gasteiger partial charge in [-0.1, -0.05) is 110 Å². The second kappa shape index (κ2) is 10.0. The average molecular weight is 837 g/mol. The van der Waals surface area contributed by atoms with Crippen LogP contribution in [-0.4, -0.2) is 34.8 Å². The molecule has 54 heavy (non-hydrogen) atoms. The molecule has 0 heterocycles. The molecule has 0 N–H and O–H groups in total. The Labute approximate surface area is 330 Å². The summed E-state index contributed by atoms with van der Waals surface area (Å²) in [6.45, 7) is 4.29. The molecule has 0 amide bonds. The van der Waals surface area contributed by atoms with Crippen LogP contribution in [0.15, 0.2) is 84.0 Å². The van der Waals surface area contributed by atoms with Crippen molar-refractivity contribution < 1.29 is 19.1 Å². The number of alkyl halides is 2. The van der Waals surface area contributed by atoms with Gasteiger partial charge in [0.25, 0.3) is 0 Å². The van der Waals surface area contributed by atoms with Gasteiger partial charge < -0.3 is 9.47 Å². The van der Waals surface area contributed by atoms with Gasteiger partial charge in [-0.3, -0.25) is 9.59 Å². The molecule has 9 aliphatic carbocycles. The first kappa shape index (κ1) is 31.2. The van der Waals surface area contributed by atoms with Gasteiger partial charge in [-0.15, -0.1) is 6.58 Å². The molecule has 9 aliphatic rings. The molecule has 3 spiro atoms. The quantitative estimate of drug-likeness (QED) is 0.110. The van der Waals surface area contributed by atoms with Crippen LogP contribution >= 0.6 is 31.9 Å². The molecular weight excluding hydrogens is 800 g/mol. The predicted octanol–water partition coefficient (Wildman–Crippen LogP) is 10.3. The fourth-order valence-electron chi connectivity index (χ4n) is 14.3. The molecule has 0 fully saturated rings. The highest BCUT2D eigenvalue weighted by Gasteiger charge is 2.79. The summed E-state index contributed by atoms with van der Waals surface area (Å²) in [5.41, 5.74) is 17.7. The standard InChI is InChI=1S/C48H36Br2O4/c1-2-8-23-15-25-13-14-26-17-30-18-27-16-24-9-7-12-31-36(24)40-42(27)47(30)33(54-35(52)22-50)20-29-11-6-4-3-5-10-28-19-32(53-34(51)21-49)43-38(23)39-37(25)41(26)48(29,47)45(39)44(40)46(28,31)43/h2,7,9,12-17,19-20,32-33,43H,1,3-6,8,10-11,18,21-22H2/t32-,33?,43+,46-,47+,48+/m1/s1. The van der Waals surface area contributed by atoms with Crippen molar-refractivity contribution in [2.75, 3.05) is 10.7 Å². The Morgan fingerprint density at radius 2 is 1.63 bits per heavy atom. The first-order valence-corrected chi connectivity index (χ1v) is 21.9. The third-order valence-corrected chi connectivity index (χ3v) is 16.1. The summed E-state index contributed by atoms with van der Waals surface area (Å²) in [5.74, 6) is -0.565. The number of rotatable bonds is 6. The first-order valence-electron chi connectivity index (χ1n) is 19.7. The van der Waals surface area contributed by atoms with Gasteiger partial charge in [0.2, 0.25) is 0 Å². The highest BCUT2D eigenvalue weighted by Crippen LogP contribution is 2.84. The molecule has 0 saturated carbocycles. The lowest BCUT2D eigenvalue weighted by Gasteiger charge is -2.57. The zero-order chi connectivity index (χ0) is 36.0. The molecule has 0 aliphatic heterocycles. The van der Waals surface area contributed by atoms with Crippen LogP contribution in [0.3, 0.4) is 0 Å². The fraction of sp³-hybridized carbons (Fsp3) is 0.333. The van der Waals surface area contributed by atoms with Crippen molar-refractivity contribution in [3.63, 3.8) is 0 Å². The number of halogens is 2. The van der Waals surface area contributed by atoms with E-state index in [4.69, 9.17) is 9.47 Å². The Morgan fingerprint density at radius 3 is 2.44 bits per heavy atom. The predicted molar refractivity (Wildman–Crippen MR) is 219 cm³/mol. The van der Waals surface area contributed by atoms with Gasteiger partial charge in [0.05, 0.1) is 16.2 Å². The maximum Gasteiger partial charge on any atom is 0.317 e. The van der Waals surface area contributed by atoms with Gasteiger partial charge in [-0.05, 0) is 139 Å². The monoisotopic (exact) mass is 834 g/mol. The molecule has 0 aromatic heterocycles. The van der Waals surface area contributed by atoms with Crippen LogP contribution < -0.4 is 0 Å². The number of ether oxygens (including phenoxy) is 2. The van der Waals surface area contributed by atoms with E-state index in [1.165, 1.54) is 99.5 Å². The number of carbonyl (C=O) groups is 2. The molecular formula is C48H36Br2O4. The Kier molecular flexibility index (Phi) is 5.81.